The Hall–Kier alpha value is -2.57. The predicted octanol–water partition coefficient (Wildman–Crippen LogP) is 14.7. The minimum absolute atomic E-state index is 0.182. The molecule has 11 nitrogen and oxygen atoms in total. The Balaban J connectivity index is 2.24. The van der Waals surface area contributed by atoms with E-state index in [1.165, 1.54) is 186 Å². The number of carbonyl (C=O) groups excluding carboxylic acids is 2. The summed E-state index contributed by atoms with van der Waals surface area (Å²) in [6.45, 7) is 3.85. The molecule has 0 amide bonds. The average molecular weight is 991 g/mol. The van der Waals surface area contributed by atoms with E-state index in [1.807, 2.05) is 0 Å². The van der Waals surface area contributed by atoms with Crippen LogP contribution in [0.2, 0.25) is 0 Å². The van der Waals surface area contributed by atoms with E-state index >= 15 is 0 Å². The first-order valence-corrected chi connectivity index (χ1v) is 29.0. The Morgan fingerprint density at radius 1 is 0.443 bits per heavy atom. The molecule has 70 heavy (non-hydrogen) atoms. The second-order valence-corrected chi connectivity index (χ2v) is 20.1. The molecule has 6 atom stereocenters. The number of carbonyl (C=O) groups is 3. The van der Waals surface area contributed by atoms with Gasteiger partial charge in [0.15, 0.2) is 18.5 Å². The van der Waals surface area contributed by atoms with Crippen LogP contribution < -0.4 is 0 Å². The number of hydrogen-bond acceptors (Lipinski definition) is 10. The molecule has 0 aliphatic carbocycles. The van der Waals surface area contributed by atoms with Crippen molar-refractivity contribution in [2.45, 2.75) is 307 Å². The van der Waals surface area contributed by atoms with E-state index in [-0.39, 0.29) is 26.1 Å². The van der Waals surface area contributed by atoms with Crippen molar-refractivity contribution in [2.24, 2.45) is 0 Å². The first kappa shape index (κ1) is 65.4. The number of unbranched alkanes of at least 4 members (excludes halogenated alkanes) is 33. The van der Waals surface area contributed by atoms with Crippen molar-refractivity contribution in [3.63, 3.8) is 0 Å². The summed E-state index contributed by atoms with van der Waals surface area (Å²) in [6.07, 6.45) is 50.5. The van der Waals surface area contributed by atoms with Gasteiger partial charge in [0.25, 0.3) is 0 Å². The van der Waals surface area contributed by atoms with Crippen molar-refractivity contribution in [3.8, 4) is 0 Å². The Labute approximate surface area is 427 Å². The summed E-state index contributed by atoms with van der Waals surface area (Å²) in [5.74, 6) is -2.43. The number of carboxylic acids is 1. The fourth-order valence-corrected chi connectivity index (χ4v) is 8.91. The van der Waals surface area contributed by atoms with Gasteiger partial charge in [-0.3, -0.25) is 9.59 Å². The Kier molecular flexibility index (Phi) is 45.5. The van der Waals surface area contributed by atoms with Crippen molar-refractivity contribution >= 4 is 17.9 Å². The molecule has 1 aliphatic rings. The first-order chi connectivity index (χ1) is 34.2. The molecule has 0 aromatic rings. The van der Waals surface area contributed by atoms with E-state index in [2.05, 4.69) is 50.3 Å². The van der Waals surface area contributed by atoms with E-state index in [1.54, 1.807) is 0 Å². The smallest absolute Gasteiger partial charge is 0.335 e. The summed E-state index contributed by atoms with van der Waals surface area (Å²) in [6, 6.07) is 0. The number of aliphatic carboxylic acids is 1. The van der Waals surface area contributed by atoms with Crippen LogP contribution in [0.25, 0.3) is 0 Å². The molecule has 4 N–H and O–H groups in total. The number of hydrogen-bond donors (Lipinski definition) is 4. The number of allylic oxidation sites excluding steroid dienone is 6. The van der Waals surface area contributed by atoms with Crippen molar-refractivity contribution in [2.75, 3.05) is 13.2 Å². The monoisotopic (exact) mass is 991 g/mol. The number of rotatable bonds is 50. The van der Waals surface area contributed by atoms with Crippen LogP contribution in [0, 0.1) is 0 Å². The highest BCUT2D eigenvalue weighted by Gasteiger charge is 2.47. The molecule has 0 aromatic carbocycles. The maximum Gasteiger partial charge on any atom is 0.335 e. The molecule has 0 aromatic heterocycles. The Morgan fingerprint density at radius 3 is 1.20 bits per heavy atom. The molecule has 1 rings (SSSR count). The van der Waals surface area contributed by atoms with Crippen LogP contribution in [0.3, 0.4) is 0 Å². The molecule has 1 heterocycles. The molecule has 1 saturated heterocycles. The number of aliphatic hydroxyl groups excluding tert-OH is 3. The molecular formula is C59H106O11. The van der Waals surface area contributed by atoms with Crippen LogP contribution in [0.5, 0.6) is 0 Å². The molecule has 0 spiro atoms. The van der Waals surface area contributed by atoms with Gasteiger partial charge in [-0.25, -0.2) is 4.79 Å². The fraction of sp³-hybridized carbons (Fsp3) is 0.847. The first-order valence-electron chi connectivity index (χ1n) is 29.0. The van der Waals surface area contributed by atoms with Crippen LogP contribution in [0.15, 0.2) is 36.5 Å². The van der Waals surface area contributed by atoms with Crippen molar-refractivity contribution < 1.29 is 53.8 Å². The van der Waals surface area contributed by atoms with Gasteiger partial charge in [0.2, 0.25) is 0 Å². The number of carboxylic acid groups (broad SMARTS) is 1. The third-order valence-electron chi connectivity index (χ3n) is 13.5. The Bertz CT molecular complexity index is 1300. The van der Waals surface area contributed by atoms with Gasteiger partial charge >= 0.3 is 17.9 Å². The standard InChI is InChI=1S/C59H106O11/c1-3-5-7-9-11-13-15-17-19-21-23-25-26-28-29-31-33-35-37-39-41-43-45-47-52(60)67-49-51(50-68-59-56(64)54(62)55(63)57(70-59)58(65)66)69-53(61)48-46-44-42-40-38-36-34-32-30-27-24-22-20-18-16-14-12-10-8-6-4-2/h15,17,21-24,51,54-57,59,62-64H,3-14,16,18-20,25-50H2,1-2H3,(H,65,66)/b17-15-,23-21-,24-22-. The van der Waals surface area contributed by atoms with Gasteiger partial charge in [-0.05, 0) is 70.6 Å². The van der Waals surface area contributed by atoms with Crippen molar-refractivity contribution in [1.82, 2.24) is 0 Å². The van der Waals surface area contributed by atoms with E-state index in [4.69, 9.17) is 18.9 Å². The third kappa shape index (κ3) is 39.0. The zero-order chi connectivity index (χ0) is 51.0. The number of ether oxygens (including phenoxy) is 4. The maximum absolute atomic E-state index is 12.9. The van der Waals surface area contributed by atoms with Crippen LogP contribution in [-0.2, 0) is 33.3 Å². The average Bonchev–Trinajstić information content (AvgIpc) is 3.35. The zero-order valence-electron chi connectivity index (χ0n) is 44.8. The summed E-state index contributed by atoms with van der Waals surface area (Å²) in [7, 11) is 0. The van der Waals surface area contributed by atoms with Gasteiger partial charge in [-0.2, -0.15) is 0 Å². The summed E-state index contributed by atoms with van der Waals surface area (Å²) in [5, 5.41) is 40.1. The quantitative estimate of drug-likeness (QED) is 0.0260. The minimum Gasteiger partial charge on any atom is -0.479 e. The van der Waals surface area contributed by atoms with Gasteiger partial charge in [0.05, 0.1) is 6.61 Å². The van der Waals surface area contributed by atoms with Crippen LogP contribution in [-0.4, -0.2) is 88.4 Å². The second kappa shape index (κ2) is 48.7. The molecule has 1 fully saturated rings. The molecule has 408 valence electrons. The SMILES string of the molecule is CCCCCCC/C=C\C/C=C\CCCCCCCCCCCCCC(=O)OCC(COC1OC(C(=O)O)C(O)C(O)C1O)OC(=O)CCCCCCCCCCC/C=C\CCCCCCCCCC. The minimum atomic E-state index is -1.86. The Morgan fingerprint density at radius 2 is 0.800 bits per heavy atom. The number of esters is 2. The van der Waals surface area contributed by atoms with E-state index in [0.717, 1.165) is 44.9 Å². The van der Waals surface area contributed by atoms with Gasteiger partial charge in [0, 0.05) is 12.8 Å². The molecule has 0 saturated carbocycles. The summed E-state index contributed by atoms with van der Waals surface area (Å²) >= 11 is 0. The summed E-state index contributed by atoms with van der Waals surface area (Å²) < 4.78 is 21.9. The lowest BCUT2D eigenvalue weighted by atomic mass is 9.99. The van der Waals surface area contributed by atoms with Gasteiger partial charge < -0.3 is 39.4 Å². The molecule has 11 heteroatoms. The fourth-order valence-electron chi connectivity index (χ4n) is 8.91. The third-order valence-corrected chi connectivity index (χ3v) is 13.5. The van der Waals surface area contributed by atoms with Gasteiger partial charge in [-0.1, -0.05) is 224 Å². The van der Waals surface area contributed by atoms with E-state index in [0.29, 0.717) is 12.8 Å². The highest BCUT2D eigenvalue weighted by Crippen LogP contribution is 2.23. The van der Waals surface area contributed by atoms with E-state index < -0.39 is 54.7 Å². The topological polar surface area (TPSA) is 169 Å². The molecule has 6 unspecified atom stereocenters. The summed E-state index contributed by atoms with van der Waals surface area (Å²) in [4.78, 5) is 37.1. The van der Waals surface area contributed by atoms with Gasteiger partial charge in [0.1, 0.15) is 24.9 Å². The van der Waals surface area contributed by atoms with Crippen LogP contribution >= 0.6 is 0 Å². The van der Waals surface area contributed by atoms with Crippen molar-refractivity contribution in [3.05, 3.63) is 36.5 Å². The predicted molar refractivity (Wildman–Crippen MR) is 285 cm³/mol. The van der Waals surface area contributed by atoms with Crippen LogP contribution in [0.1, 0.15) is 271 Å². The normalized spacial score (nSPS) is 18.9. The van der Waals surface area contributed by atoms with Crippen LogP contribution in [0.4, 0.5) is 0 Å². The van der Waals surface area contributed by atoms with Gasteiger partial charge in [-0.15, -0.1) is 0 Å². The molecule has 1 aliphatic heterocycles. The highest BCUT2D eigenvalue weighted by molar-refractivity contribution is 5.73. The largest absolute Gasteiger partial charge is 0.479 e. The zero-order valence-corrected chi connectivity index (χ0v) is 44.8. The lowest BCUT2D eigenvalue weighted by Gasteiger charge is -2.38. The second-order valence-electron chi connectivity index (χ2n) is 20.1. The van der Waals surface area contributed by atoms with Crippen molar-refractivity contribution in [1.29, 1.82) is 0 Å². The molecule has 0 bridgehead atoms. The lowest BCUT2D eigenvalue weighted by Crippen LogP contribution is -2.60. The summed E-state index contributed by atoms with van der Waals surface area (Å²) in [5.41, 5.74) is 0. The molecular weight excluding hydrogens is 885 g/mol. The lowest BCUT2D eigenvalue weighted by molar-refractivity contribution is -0.298. The molecule has 0 radical (unpaired) electrons. The highest BCUT2D eigenvalue weighted by atomic mass is 16.7. The van der Waals surface area contributed by atoms with E-state index in [9.17, 15) is 34.8 Å². The number of aliphatic hydroxyl groups is 3. The maximum atomic E-state index is 12.9.